The van der Waals surface area contributed by atoms with Crippen LogP contribution in [0.3, 0.4) is 0 Å². The van der Waals surface area contributed by atoms with Gasteiger partial charge in [0.1, 0.15) is 5.82 Å². The van der Waals surface area contributed by atoms with Crippen LogP contribution in [0.4, 0.5) is 9.18 Å². The Morgan fingerprint density at radius 1 is 1.36 bits per heavy atom. The van der Waals surface area contributed by atoms with Gasteiger partial charge in [-0.2, -0.15) is 0 Å². The fraction of sp³-hybridized carbons (Fsp3) is 0.222. The molecule has 0 spiro atoms. The molecule has 2 amide bonds. The van der Waals surface area contributed by atoms with E-state index in [1.165, 1.54) is 12.1 Å². The molecule has 1 aromatic rings. The van der Waals surface area contributed by atoms with Gasteiger partial charge >= 0.3 is 6.03 Å². The average molecular weight is 197 g/mol. The van der Waals surface area contributed by atoms with Gasteiger partial charge in [0.2, 0.25) is 0 Å². The standard InChI is InChI=1S/C9H12FN3O/c1-11-13-9(14)12-6-7-2-4-8(10)5-3-7/h2-5,11H,6H2,1H3,(H2,12,13,14). The lowest BCUT2D eigenvalue weighted by atomic mass is 10.2. The van der Waals surface area contributed by atoms with Crippen molar-refractivity contribution in [1.82, 2.24) is 16.2 Å². The van der Waals surface area contributed by atoms with Gasteiger partial charge in [-0.15, -0.1) is 0 Å². The second kappa shape index (κ2) is 5.18. The van der Waals surface area contributed by atoms with E-state index >= 15 is 0 Å². The molecule has 0 fully saturated rings. The van der Waals surface area contributed by atoms with E-state index < -0.39 is 0 Å². The number of amides is 2. The Morgan fingerprint density at radius 3 is 2.57 bits per heavy atom. The molecule has 0 heterocycles. The minimum Gasteiger partial charge on any atom is -0.333 e. The molecule has 14 heavy (non-hydrogen) atoms. The van der Waals surface area contributed by atoms with Crippen LogP contribution in [0, 0.1) is 5.82 Å². The maximum Gasteiger partial charge on any atom is 0.329 e. The Kier molecular flexibility index (Phi) is 3.87. The third-order valence-electron chi connectivity index (χ3n) is 1.60. The van der Waals surface area contributed by atoms with Crippen LogP contribution in [0.25, 0.3) is 0 Å². The number of rotatable bonds is 3. The summed E-state index contributed by atoms with van der Waals surface area (Å²) in [6.45, 7) is 0.369. The van der Waals surface area contributed by atoms with Crippen molar-refractivity contribution in [1.29, 1.82) is 0 Å². The summed E-state index contributed by atoms with van der Waals surface area (Å²) in [5.41, 5.74) is 5.69. The first-order chi connectivity index (χ1) is 6.72. The smallest absolute Gasteiger partial charge is 0.329 e. The number of hydrazine groups is 1. The van der Waals surface area contributed by atoms with Gasteiger partial charge < -0.3 is 5.32 Å². The molecular weight excluding hydrogens is 185 g/mol. The number of urea groups is 1. The highest BCUT2D eigenvalue weighted by atomic mass is 19.1. The molecule has 0 saturated carbocycles. The first kappa shape index (κ1) is 10.5. The highest BCUT2D eigenvalue weighted by Crippen LogP contribution is 2.01. The predicted octanol–water partition coefficient (Wildman–Crippen LogP) is 0.759. The molecule has 1 rings (SSSR count). The van der Waals surface area contributed by atoms with Crippen LogP contribution in [0.1, 0.15) is 5.56 Å². The number of hydrogen-bond donors (Lipinski definition) is 3. The van der Waals surface area contributed by atoms with E-state index in [0.29, 0.717) is 6.54 Å². The number of halogens is 1. The van der Waals surface area contributed by atoms with Crippen LogP contribution in [0.5, 0.6) is 0 Å². The third-order valence-corrected chi connectivity index (χ3v) is 1.60. The van der Waals surface area contributed by atoms with E-state index in [1.54, 1.807) is 19.2 Å². The maximum absolute atomic E-state index is 12.5. The van der Waals surface area contributed by atoms with E-state index in [2.05, 4.69) is 16.2 Å². The summed E-state index contributed by atoms with van der Waals surface area (Å²) in [4.78, 5) is 10.9. The van der Waals surface area contributed by atoms with E-state index in [-0.39, 0.29) is 11.8 Å². The zero-order chi connectivity index (χ0) is 10.4. The minimum absolute atomic E-state index is 0.284. The SMILES string of the molecule is CNNC(=O)NCc1ccc(F)cc1. The molecule has 0 aliphatic carbocycles. The van der Waals surface area contributed by atoms with E-state index in [9.17, 15) is 9.18 Å². The van der Waals surface area contributed by atoms with Crippen molar-refractivity contribution in [2.75, 3.05) is 7.05 Å². The number of carbonyl (C=O) groups is 1. The first-order valence-electron chi connectivity index (χ1n) is 4.17. The topological polar surface area (TPSA) is 53.2 Å². The summed E-state index contributed by atoms with van der Waals surface area (Å²) >= 11 is 0. The molecule has 0 aliphatic rings. The molecule has 1 aromatic carbocycles. The van der Waals surface area contributed by atoms with Crippen LogP contribution in [0.15, 0.2) is 24.3 Å². The van der Waals surface area contributed by atoms with Gasteiger partial charge in [0, 0.05) is 13.6 Å². The lowest BCUT2D eigenvalue weighted by molar-refractivity contribution is 0.237. The van der Waals surface area contributed by atoms with Crippen LogP contribution >= 0.6 is 0 Å². The number of hydrogen-bond acceptors (Lipinski definition) is 2. The molecule has 0 atom stereocenters. The average Bonchev–Trinajstić information content (AvgIpc) is 2.17. The summed E-state index contributed by atoms with van der Waals surface area (Å²) in [5, 5.41) is 2.58. The van der Waals surface area contributed by atoms with Crippen molar-refractivity contribution in [3.8, 4) is 0 Å². The molecule has 0 radical (unpaired) electrons. The van der Waals surface area contributed by atoms with Crippen molar-refractivity contribution >= 4 is 6.03 Å². The summed E-state index contributed by atoms with van der Waals surface area (Å²) in [6, 6.07) is 5.63. The van der Waals surface area contributed by atoms with Crippen molar-refractivity contribution in [3.63, 3.8) is 0 Å². The second-order valence-electron chi connectivity index (χ2n) is 2.68. The summed E-state index contributed by atoms with van der Waals surface area (Å²) in [5.74, 6) is -0.284. The van der Waals surface area contributed by atoms with E-state index in [4.69, 9.17) is 0 Å². The number of carbonyl (C=O) groups excluding carboxylic acids is 1. The molecule has 4 nitrogen and oxygen atoms in total. The molecule has 5 heteroatoms. The van der Waals surface area contributed by atoms with Gasteiger partial charge in [-0.05, 0) is 17.7 Å². The predicted molar refractivity (Wildman–Crippen MR) is 50.8 cm³/mol. The molecule has 0 unspecified atom stereocenters. The monoisotopic (exact) mass is 197 g/mol. The lowest BCUT2D eigenvalue weighted by Crippen LogP contribution is -2.41. The Morgan fingerprint density at radius 2 is 2.00 bits per heavy atom. The van der Waals surface area contributed by atoms with Crippen molar-refractivity contribution in [2.45, 2.75) is 6.54 Å². The summed E-state index contributed by atoms with van der Waals surface area (Å²) in [6.07, 6.45) is 0. The van der Waals surface area contributed by atoms with Gasteiger partial charge in [0.05, 0.1) is 0 Å². The summed E-state index contributed by atoms with van der Waals surface area (Å²) in [7, 11) is 1.59. The first-order valence-corrected chi connectivity index (χ1v) is 4.17. The van der Waals surface area contributed by atoms with Crippen molar-refractivity contribution in [2.24, 2.45) is 0 Å². The van der Waals surface area contributed by atoms with Crippen LogP contribution in [0.2, 0.25) is 0 Å². The van der Waals surface area contributed by atoms with Gasteiger partial charge in [-0.3, -0.25) is 5.43 Å². The fourth-order valence-electron chi connectivity index (χ4n) is 0.942. The quantitative estimate of drug-likeness (QED) is 0.626. The molecule has 0 aliphatic heterocycles. The molecule has 0 saturated heterocycles. The van der Waals surface area contributed by atoms with Gasteiger partial charge in [-0.25, -0.2) is 14.6 Å². The maximum atomic E-state index is 12.5. The minimum atomic E-state index is -0.322. The normalized spacial score (nSPS) is 9.57. The third kappa shape index (κ3) is 3.40. The summed E-state index contributed by atoms with van der Waals surface area (Å²) < 4.78 is 12.5. The lowest BCUT2D eigenvalue weighted by Gasteiger charge is -2.05. The second-order valence-corrected chi connectivity index (χ2v) is 2.68. The molecular formula is C9H12FN3O. The van der Waals surface area contributed by atoms with Gasteiger partial charge in [0.15, 0.2) is 0 Å². The number of nitrogens with one attached hydrogen (secondary N) is 3. The zero-order valence-electron chi connectivity index (χ0n) is 7.80. The van der Waals surface area contributed by atoms with Crippen LogP contribution in [-0.2, 0) is 6.54 Å². The molecule has 0 bridgehead atoms. The molecule has 3 N–H and O–H groups in total. The van der Waals surface area contributed by atoms with Gasteiger partial charge in [-0.1, -0.05) is 12.1 Å². The molecule has 0 aromatic heterocycles. The Balaban J connectivity index is 2.38. The van der Waals surface area contributed by atoms with Crippen LogP contribution < -0.4 is 16.2 Å². The Hall–Kier alpha value is -1.62. The highest BCUT2D eigenvalue weighted by Gasteiger charge is 1.97. The Bertz CT molecular complexity index is 299. The number of benzene rings is 1. The van der Waals surface area contributed by atoms with E-state index in [1.807, 2.05) is 0 Å². The van der Waals surface area contributed by atoms with Crippen molar-refractivity contribution in [3.05, 3.63) is 35.6 Å². The fourth-order valence-corrected chi connectivity index (χ4v) is 0.942. The zero-order valence-corrected chi connectivity index (χ0v) is 7.80. The van der Waals surface area contributed by atoms with Gasteiger partial charge in [0.25, 0.3) is 0 Å². The van der Waals surface area contributed by atoms with E-state index in [0.717, 1.165) is 5.56 Å². The van der Waals surface area contributed by atoms with Crippen molar-refractivity contribution < 1.29 is 9.18 Å². The molecule has 76 valence electrons. The highest BCUT2D eigenvalue weighted by molar-refractivity contribution is 5.73. The van der Waals surface area contributed by atoms with Crippen LogP contribution in [-0.4, -0.2) is 13.1 Å². The largest absolute Gasteiger partial charge is 0.333 e. The Labute approximate surface area is 81.5 Å².